The van der Waals surface area contributed by atoms with Gasteiger partial charge in [-0.3, -0.25) is 0 Å². The third-order valence-electron chi connectivity index (χ3n) is 3.13. The van der Waals surface area contributed by atoms with E-state index in [0.29, 0.717) is 5.56 Å². The van der Waals surface area contributed by atoms with Crippen LogP contribution in [0, 0.1) is 0 Å². The standard InChI is InChI=1S/C16H12BrNO3S/c1-20-12-5-2-10(3-6-12)9-21-15(19)11-4-7-13-14(8-11)22-16(17)18-13/h2-8H,9H2,1H3. The average Bonchev–Trinajstić information content (AvgIpc) is 2.92. The fraction of sp³-hybridized carbons (Fsp3) is 0.125. The smallest absolute Gasteiger partial charge is 0.338 e. The molecule has 112 valence electrons. The number of hydrogen-bond acceptors (Lipinski definition) is 5. The van der Waals surface area contributed by atoms with E-state index in [9.17, 15) is 4.79 Å². The van der Waals surface area contributed by atoms with Crippen molar-refractivity contribution in [3.05, 3.63) is 57.5 Å². The number of halogens is 1. The Morgan fingerprint density at radius 1 is 1.23 bits per heavy atom. The van der Waals surface area contributed by atoms with E-state index in [1.165, 1.54) is 11.3 Å². The molecule has 0 saturated heterocycles. The number of ether oxygens (including phenoxy) is 2. The van der Waals surface area contributed by atoms with Gasteiger partial charge in [0.1, 0.15) is 12.4 Å². The molecule has 3 rings (SSSR count). The summed E-state index contributed by atoms with van der Waals surface area (Å²) < 4.78 is 12.2. The van der Waals surface area contributed by atoms with Crippen LogP contribution in [0.5, 0.6) is 5.75 Å². The fourth-order valence-electron chi connectivity index (χ4n) is 1.98. The van der Waals surface area contributed by atoms with Gasteiger partial charge in [-0.1, -0.05) is 12.1 Å². The number of carbonyl (C=O) groups excluding carboxylic acids is 1. The second kappa shape index (κ2) is 6.46. The number of benzene rings is 2. The summed E-state index contributed by atoms with van der Waals surface area (Å²) in [6, 6.07) is 12.8. The second-order valence-corrected chi connectivity index (χ2v) is 6.88. The second-order valence-electron chi connectivity index (χ2n) is 4.57. The van der Waals surface area contributed by atoms with Crippen LogP contribution < -0.4 is 4.74 Å². The Hall–Kier alpha value is -1.92. The summed E-state index contributed by atoms with van der Waals surface area (Å²) >= 11 is 4.83. The molecule has 0 unspecified atom stereocenters. The lowest BCUT2D eigenvalue weighted by atomic mass is 10.2. The number of carbonyl (C=O) groups is 1. The first-order valence-electron chi connectivity index (χ1n) is 6.52. The summed E-state index contributed by atoms with van der Waals surface area (Å²) in [6.07, 6.45) is 0. The molecular weight excluding hydrogens is 366 g/mol. The molecule has 0 aliphatic carbocycles. The first kappa shape index (κ1) is 15.0. The molecule has 0 N–H and O–H groups in total. The van der Waals surface area contributed by atoms with Gasteiger partial charge in [0.15, 0.2) is 3.92 Å². The maximum Gasteiger partial charge on any atom is 0.338 e. The molecule has 0 aliphatic rings. The fourth-order valence-corrected chi connectivity index (χ4v) is 3.42. The maximum absolute atomic E-state index is 12.1. The van der Waals surface area contributed by atoms with Crippen molar-refractivity contribution in [2.45, 2.75) is 6.61 Å². The van der Waals surface area contributed by atoms with Crippen LogP contribution in [0.25, 0.3) is 10.2 Å². The number of fused-ring (bicyclic) bond motifs is 1. The van der Waals surface area contributed by atoms with Crippen LogP contribution in [0.2, 0.25) is 0 Å². The first-order valence-corrected chi connectivity index (χ1v) is 8.13. The summed E-state index contributed by atoms with van der Waals surface area (Å²) in [5, 5.41) is 0. The Balaban J connectivity index is 1.69. The van der Waals surface area contributed by atoms with E-state index in [4.69, 9.17) is 9.47 Å². The van der Waals surface area contributed by atoms with Crippen molar-refractivity contribution in [2.75, 3.05) is 7.11 Å². The van der Waals surface area contributed by atoms with Gasteiger partial charge in [0, 0.05) is 0 Å². The van der Waals surface area contributed by atoms with Crippen LogP contribution in [0.1, 0.15) is 15.9 Å². The SMILES string of the molecule is COc1ccc(COC(=O)c2ccc3nc(Br)sc3c2)cc1. The monoisotopic (exact) mass is 377 g/mol. The molecule has 6 heteroatoms. The number of thiazole rings is 1. The van der Waals surface area contributed by atoms with E-state index in [0.717, 1.165) is 25.4 Å². The van der Waals surface area contributed by atoms with Gasteiger partial charge in [-0.2, -0.15) is 0 Å². The zero-order chi connectivity index (χ0) is 15.5. The van der Waals surface area contributed by atoms with Crippen molar-refractivity contribution in [1.29, 1.82) is 0 Å². The highest BCUT2D eigenvalue weighted by Crippen LogP contribution is 2.27. The zero-order valence-corrected chi connectivity index (χ0v) is 14.1. The number of methoxy groups -OCH3 is 1. The van der Waals surface area contributed by atoms with E-state index < -0.39 is 0 Å². The Labute approximate surface area is 139 Å². The Kier molecular flexibility index (Phi) is 4.40. The molecule has 2 aromatic carbocycles. The van der Waals surface area contributed by atoms with Crippen molar-refractivity contribution in [3.63, 3.8) is 0 Å². The van der Waals surface area contributed by atoms with E-state index in [2.05, 4.69) is 20.9 Å². The third kappa shape index (κ3) is 3.28. The molecular formula is C16H12BrNO3S. The number of aromatic nitrogens is 1. The summed E-state index contributed by atoms with van der Waals surface area (Å²) in [6.45, 7) is 0.229. The molecule has 0 spiro atoms. The summed E-state index contributed by atoms with van der Waals surface area (Å²) in [5.41, 5.74) is 2.30. The van der Waals surface area contributed by atoms with Crippen molar-refractivity contribution < 1.29 is 14.3 Å². The topological polar surface area (TPSA) is 48.4 Å². The normalized spacial score (nSPS) is 10.6. The molecule has 0 atom stereocenters. The first-order chi connectivity index (χ1) is 10.7. The van der Waals surface area contributed by atoms with Gasteiger partial charge in [0.2, 0.25) is 0 Å². The van der Waals surface area contributed by atoms with Crippen LogP contribution >= 0.6 is 27.3 Å². The highest BCUT2D eigenvalue weighted by Gasteiger charge is 2.10. The van der Waals surface area contributed by atoms with Gasteiger partial charge < -0.3 is 9.47 Å². The van der Waals surface area contributed by atoms with Crippen LogP contribution in [0.15, 0.2) is 46.4 Å². The molecule has 3 aromatic rings. The zero-order valence-electron chi connectivity index (χ0n) is 11.7. The third-order valence-corrected chi connectivity index (χ3v) is 4.60. The molecule has 1 heterocycles. The quantitative estimate of drug-likeness (QED) is 0.631. The van der Waals surface area contributed by atoms with Crippen LogP contribution in [-0.4, -0.2) is 18.1 Å². The lowest BCUT2D eigenvalue weighted by Gasteiger charge is -2.06. The minimum atomic E-state index is -0.345. The van der Waals surface area contributed by atoms with Gasteiger partial charge in [0.05, 0.1) is 22.9 Å². The number of hydrogen-bond donors (Lipinski definition) is 0. The Bertz CT molecular complexity index is 814. The number of esters is 1. The minimum Gasteiger partial charge on any atom is -0.497 e. The molecule has 22 heavy (non-hydrogen) atoms. The molecule has 0 bridgehead atoms. The average molecular weight is 378 g/mol. The van der Waals surface area contributed by atoms with Crippen molar-refractivity contribution in [2.24, 2.45) is 0 Å². The van der Waals surface area contributed by atoms with Crippen LogP contribution in [-0.2, 0) is 11.3 Å². The predicted molar refractivity (Wildman–Crippen MR) is 89.4 cm³/mol. The highest BCUT2D eigenvalue weighted by atomic mass is 79.9. The minimum absolute atomic E-state index is 0.229. The van der Waals surface area contributed by atoms with Crippen molar-refractivity contribution in [1.82, 2.24) is 4.98 Å². The number of rotatable bonds is 4. The summed E-state index contributed by atoms with van der Waals surface area (Å²) in [7, 11) is 1.61. The molecule has 0 radical (unpaired) electrons. The molecule has 0 saturated carbocycles. The molecule has 0 amide bonds. The largest absolute Gasteiger partial charge is 0.497 e. The van der Waals surface area contributed by atoms with Gasteiger partial charge >= 0.3 is 5.97 Å². The summed E-state index contributed by atoms with van der Waals surface area (Å²) in [5.74, 6) is 0.429. The molecule has 4 nitrogen and oxygen atoms in total. The van der Waals surface area contributed by atoms with E-state index >= 15 is 0 Å². The Morgan fingerprint density at radius 2 is 2.00 bits per heavy atom. The number of nitrogens with zero attached hydrogens (tertiary/aromatic N) is 1. The van der Waals surface area contributed by atoms with E-state index in [1.54, 1.807) is 19.2 Å². The lowest BCUT2D eigenvalue weighted by Crippen LogP contribution is -2.05. The van der Waals surface area contributed by atoms with Gasteiger partial charge in [-0.05, 0) is 51.8 Å². The van der Waals surface area contributed by atoms with Gasteiger partial charge in [0.25, 0.3) is 0 Å². The Morgan fingerprint density at radius 3 is 2.73 bits per heavy atom. The summed E-state index contributed by atoms with van der Waals surface area (Å²) in [4.78, 5) is 16.4. The van der Waals surface area contributed by atoms with Crippen molar-refractivity contribution >= 4 is 43.5 Å². The molecule has 0 fully saturated rings. The molecule has 1 aromatic heterocycles. The van der Waals surface area contributed by atoms with Crippen LogP contribution in [0.4, 0.5) is 0 Å². The lowest BCUT2D eigenvalue weighted by molar-refractivity contribution is 0.0473. The predicted octanol–water partition coefficient (Wildman–Crippen LogP) is 4.42. The van der Waals surface area contributed by atoms with Crippen molar-refractivity contribution in [3.8, 4) is 5.75 Å². The van der Waals surface area contributed by atoms with E-state index in [1.807, 2.05) is 30.3 Å². The maximum atomic E-state index is 12.1. The van der Waals surface area contributed by atoms with Gasteiger partial charge in [-0.15, -0.1) is 11.3 Å². The highest BCUT2D eigenvalue weighted by molar-refractivity contribution is 9.11. The van der Waals surface area contributed by atoms with E-state index in [-0.39, 0.29) is 12.6 Å². The molecule has 0 aliphatic heterocycles. The van der Waals surface area contributed by atoms with Crippen LogP contribution in [0.3, 0.4) is 0 Å². The van der Waals surface area contributed by atoms with Gasteiger partial charge in [-0.25, -0.2) is 9.78 Å².